The van der Waals surface area contributed by atoms with E-state index in [1.807, 2.05) is 24.3 Å². The lowest BCUT2D eigenvalue weighted by atomic mass is 10.0. The first-order chi connectivity index (χ1) is 19.8. The van der Waals surface area contributed by atoms with Crippen molar-refractivity contribution >= 4 is 49.3 Å². The molecule has 186 valence electrons. The van der Waals surface area contributed by atoms with Crippen molar-refractivity contribution in [2.45, 2.75) is 0 Å². The SMILES string of the molecule is [C-]#[N+]c1ccc(-n2c3ccccc3c3ccc(-c4ccc5c(c4)c4ccccc4n5-c4ccccc4)cc32)cc1. The van der Waals surface area contributed by atoms with Crippen LogP contribution in [0.3, 0.4) is 0 Å². The Kier molecular flexibility index (Phi) is 4.89. The van der Waals surface area contributed by atoms with Crippen molar-refractivity contribution in [1.82, 2.24) is 9.13 Å². The van der Waals surface area contributed by atoms with Crippen LogP contribution >= 0.6 is 0 Å². The fourth-order valence-corrected chi connectivity index (χ4v) is 6.11. The second kappa shape index (κ2) is 8.73. The molecule has 0 N–H and O–H groups in total. The van der Waals surface area contributed by atoms with Crippen molar-refractivity contribution in [3.05, 3.63) is 151 Å². The third-order valence-corrected chi connectivity index (χ3v) is 7.93. The van der Waals surface area contributed by atoms with Crippen LogP contribution in [0.25, 0.3) is 71.0 Å². The van der Waals surface area contributed by atoms with Gasteiger partial charge < -0.3 is 9.13 Å². The first-order valence-corrected chi connectivity index (χ1v) is 13.4. The third-order valence-electron chi connectivity index (χ3n) is 7.93. The number of benzene rings is 6. The standard InChI is InChI=1S/C37H23N3/c1-38-27-17-19-29(20-18-27)40-34-13-7-5-11-30(34)32-21-15-26(24-37(32)40)25-16-22-36-33(23-25)31-12-6-8-14-35(31)39(36)28-9-3-2-4-10-28/h2-24H. The Hall–Kier alpha value is -5.59. The Morgan fingerprint density at radius 1 is 0.400 bits per heavy atom. The molecule has 0 bridgehead atoms. The lowest BCUT2D eigenvalue weighted by Gasteiger charge is -2.10. The Morgan fingerprint density at radius 3 is 1.65 bits per heavy atom. The van der Waals surface area contributed by atoms with Crippen molar-refractivity contribution in [2.24, 2.45) is 0 Å². The lowest BCUT2D eigenvalue weighted by Crippen LogP contribution is -1.93. The number of para-hydroxylation sites is 3. The highest BCUT2D eigenvalue weighted by molar-refractivity contribution is 6.12. The summed E-state index contributed by atoms with van der Waals surface area (Å²) < 4.78 is 4.66. The van der Waals surface area contributed by atoms with Crippen LogP contribution in [0.5, 0.6) is 0 Å². The summed E-state index contributed by atoms with van der Waals surface area (Å²) in [5.41, 5.74) is 9.94. The summed E-state index contributed by atoms with van der Waals surface area (Å²) in [6.07, 6.45) is 0. The smallest absolute Gasteiger partial charge is 0.187 e. The Labute approximate surface area is 231 Å². The van der Waals surface area contributed by atoms with E-state index in [2.05, 4.69) is 129 Å². The monoisotopic (exact) mass is 509 g/mol. The number of hydrogen-bond donors (Lipinski definition) is 0. The van der Waals surface area contributed by atoms with E-state index in [9.17, 15) is 0 Å². The van der Waals surface area contributed by atoms with Crippen molar-refractivity contribution in [2.75, 3.05) is 0 Å². The molecule has 0 aliphatic rings. The average molecular weight is 510 g/mol. The van der Waals surface area contributed by atoms with E-state index in [1.165, 1.54) is 43.7 Å². The summed E-state index contributed by atoms with van der Waals surface area (Å²) in [7, 11) is 0. The molecule has 3 heteroatoms. The Morgan fingerprint density at radius 2 is 0.925 bits per heavy atom. The van der Waals surface area contributed by atoms with Gasteiger partial charge in [-0.15, -0.1) is 0 Å². The first-order valence-electron chi connectivity index (χ1n) is 13.4. The quantitative estimate of drug-likeness (QED) is 0.210. The molecule has 0 saturated heterocycles. The number of fused-ring (bicyclic) bond motifs is 6. The predicted octanol–water partition coefficient (Wildman–Crippen LogP) is 10.1. The molecule has 2 heterocycles. The zero-order valence-corrected chi connectivity index (χ0v) is 21.6. The van der Waals surface area contributed by atoms with Crippen LogP contribution in [0.4, 0.5) is 5.69 Å². The molecule has 0 saturated carbocycles. The van der Waals surface area contributed by atoms with Gasteiger partial charge in [0.05, 0.1) is 28.6 Å². The molecule has 3 nitrogen and oxygen atoms in total. The Balaban J connectivity index is 1.36. The van der Waals surface area contributed by atoms with Crippen LogP contribution in [-0.4, -0.2) is 9.13 Å². The van der Waals surface area contributed by atoms with Gasteiger partial charge in [0.25, 0.3) is 0 Å². The van der Waals surface area contributed by atoms with Gasteiger partial charge in [0.2, 0.25) is 0 Å². The van der Waals surface area contributed by atoms with E-state index in [0.717, 1.165) is 22.4 Å². The molecule has 8 rings (SSSR count). The maximum atomic E-state index is 7.35. The van der Waals surface area contributed by atoms with Gasteiger partial charge >= 0.3 is 0 Å². The second-order valence-electron chi connectivity index (χ2n) is 10.1. The topological polar surface area (TPSA) is 14.2 Å². The van der Waals surface area contributed by atoms with Crippen molar-refractivity contribution in [1.29, 1.82) is 0 Å². The van der Waals surface area contributed by atoms with E-state index in [4.69, 9.17) is 6.57 Å². The van der Waals surface area contributed by atoms with Gasteiger partial charge in [0.15, 0.2) is 5.69 Å². The molecule has 6 aromatic carbocycles. The van der Waals surface area contributed by atoms with E-state index in [1.54, 1.807) is 0 Å². The van der Waals surface area contributed by atoms with E-state index < -0.39 is 0 Å². The Bertz CT molecular complexity index is 2260. The van der Waals surface area contributed by atoms with Gasteiger partial charge in [-0.2, -0.15) is 0 Å². The molecule has 0 aliphatic carbocycles. The highest BCUT2D eigenvalue weighted by Crippen LogP contribution is 2.38. The summed E-state index contributed by atoms with van der Waals surface area (Å²) in [4.78, 5) is 3.58. The van der Waals surface area contributed by atoms with E-state index >= 15 is 0 Å². The van der Waals surface area contributed by atoms with Crippen molar-refractivity contribution < 1.29 is 0 Å². The largest absolute Gasteiger partial charge is 0.309 e. The first kappa shape index (κ1) is 22.4. The summed E-state index contributed by atoms with van der Waals surface area (Å²) in [6, 6.07) is 49.2. The molecular formula is C37H23N3. The molecule has 0 aliphatic heterocycles. The van der Waals surface area contributed by atoms with Gasteiger partial charge in [-0.05, 0) is 65.7 Å². The zero-order valence-electron chi connectivity index (χ0n) is 21.6. The number of nitrogens with zero attached hydrogens (tertiary/aromatic N) is 3. The predicted molar refractivity (Wildman–Crippen MR) is 167 cm³/mol. The lowest BCUT2D eigenvalue weighted by molar-refractivity contribution is 1.18. The van der Waals surface area contributed by atoms with Gasteiger partial charge in [-0.1, -0.05) is 84.9 Å². The minimum atomic E-state index is 0.646. The average Bonchev–Trinajstić information content (AvgIpc) is 3.53. The van der Waals surface area contributed by atoms with Gasteiger partial charge in [-0.25, -0.2) is 4.85 Å². The van der Waals surface area contributed by atoms with E-state index in [-0.39, 0.29) is 0 Å². The van der Waals surface area contributed by atoms with Crippen molar-refractivity contribution in [3.8, 4) is 22.5 Å². The minimum absolute atomic E-state index is 0.646. The molecule has 0 fully saturated rings. The second-order valence-corrected chi connectivity index (χ2v) is 10.1. The van der Waals surface area contributed by atoms with Gasteiger partial charge in [0.1, 0.15) is 0 Å². The van der Waals surface area contributed by atoms with Crippen molar-refractivity contribution in [3.63, 3.8) is 0 Å². The van der Waals surface area contributed by atoms with Crippen LogP contribution in [0.15, 0.2) is 140 Å². The molecular weight excluding hydrogens is 486 g/mol. The molecule has 0 atom stereocenters. The molecule has 0 spiro atoms. The van der Waals surface area contributed by atoms with E-state index in [0.29, 0.717) is 5.69 Å². The molecule has 0 unspecified atom stereocenters. The highest BCUT2D eigenvalue weighted by Gasteiger charge is 2.15. The normalized spacial score (nSPS) is 11.5. The van der Waals surface area contributed by atoms with Crippen LogP contribution in [-0.2, 0) is 0 Å². The zero-order chi connectivity index (χ0) is 26.6. The number of hydrogen-bond acceptors (Lipinski definition) is 0. The molecule has 8 aromatic rings. The fraction of sp³-hybridized carbons (Fsp3) is 0. The fourth-order valence-electron chi connectivity index (χ4n) is 6.11. The maximum Gasteiger partial charge on any atom is 0.187 e. The number of aromatic nitrogens is 2. The number of rotatable bonds is 3. The van der Waals surface area contributed by atoms with Crippen LogP contribution < -0.4 is 0 Å². The highest BCUT2D eigenvalue weighted by atomic mass is 15.0. The summed E-state index contributed by atoms with van der Waals surface area (Å²) in [5, 5.41) is 4.93. The third kappa shape index (κ3) is 3.30. The molecule has 2 aromatic heterocycles. The van der Waals surface area contributed by atoms with Crippen LogP contribution in [0.2, 0.25) is 0 Å². The van der Waals surface area contributed by atoms with Gasteiger partial charge in [0, 0.05) is 32.9 Å². The summed E-state index contributed by atoms with van der Waals surface area (Å²) in [6.45, 7) is 7.35. The van der Waals surface area contributed by atoms with Gasteiger partial charge in [-0.3, -0.25) is 0 Å². The summed E-state index contributed by atoms with van der Waals surface area (Å²) >= 11 is 0. The molecule has 40 heavy (non-hydrogen) atoms. The molecule has 0 radical (unpaired) electrons. The van der Waals surface area contributed by atoms with Crippen LogP contribution in [0.1, 0.15) is 0 Å². The molecule has 0 amide bonds. The minimum Gasteiger partial charge on any atom is -0.309 e. The summed E-state index contributed by atoms with van der Waals surface area (Å²) in [5.74, 6) is 0. The van der Waals surface area contributed by atoms with Crippen LogP contribution in [0, 0.1) is 6.57 Å². The maximum absolute atomic E-state index is 7.35.